The fourth-order valence-corrected chi connectivity index (χ4v) is 3.62. The van der Waals surface area contributed by atoms with Crippen LogP contribution in [0, 0.1) is 5.82 Å². The van der Waals surface area contributed by atoms with Crippen molar-refractivity contribution < 1.29 is 31.8 Å². The molecule has 0 aliphatic heterocycles. The Balaban J connectivity index is 2.60. The Morgan fingerprint density at radius 2 is 1.62 bits per heavy atom. The molecule has 0 aromatic heterocycles. The molecule has 0 heterocycles. The van der Waals surface area contributed by atoms with Crippen LogP contribution in [0.25, 0.3) is 0 Å². The smallest absolute Gasteiger partial charge is 0.340 e. The number of esters is 1. The molecule has 0 spiro atoms. The van der Waals surface area contributed by atoms with Crippen molar-refractivity contribution in [2.45, 2.75) is 4.90 Å². The lowest BCUT2D eigenvalue weighted by Gasteiger charge is -2.22. The van der Waals surface area contributed by atoms with Crippen LogP contribution in [0.3, 0.4) is 0 Å². The first-order valence-electron chi connectivity index (χ1n) is 7.35. The second-order valence-electron chi connectivity index (χ2n) is 5.12. The van der Waals surface area contributed by atoms with E-state index in [4.69, 9.17) is 9.47 Å². The van der Waals surface area contributed by atoms with Crippen LogP contribution in [-0.2, 0) is 14.8 Å². The third-order valence-electron chi connectivity index (χ3n) is 3.73. The van der Waals surface area contributed by atoms with Crippen LogP contribution in [-0.4, -0.2) is 42.8 Å². The summed E-state index contributed by atoms with van der Waals surface area (Å²) in [5.41, 5.74) is 0.0792. The molecular formula is C17H18FNO6S. The molecular weight excluding hydrogens is 365 g/mol. The average Bonchev–Trinajstić information content (AvgIpc) is 2.66. The van der Waals surface area contributed by atoms with Gasteiger partial charge in [-0.2, -0.15) is 0 Å². The fraction of sp³-hybridized carbons (Fsp3) is 0.235. The monoisotopic (exact) mass is 383 g/mol. The minimum Gasteiger partial charge on any atom is -0.493 e. The number of methoxy groups -OCH3 is 3. The van der Waals surface area contributed by atoms with Gasteiger partial charge in [0.2, 0.25) is 0 Å². The molecule has 9 heteroatoms. The molecule has 2 aromatic carbocycles. The standard InChI is InChI=1S/C17H18FNO6S/c1-19(13-8-6-5-7-11(13)17(20)25-4)26(21,22)16-10-15(24-3)14(23-2)9-12(16)18/h5-10H,1-4H3. The molecule has 2 rings (SSSR count). The normalized spacial score (nSPS) is 11.0. The van der Waals surface area contributed by atoms with Crippen molar-refractivity contribution in [3.63, 3.8) is 0 Å². The third-order valence-corrected chi connectivity index (χ3v) is 5.51. The van der Waals surface area contributed by atoms with Crippen LogP contribution in [0.15, 0.2) is 41.3 Å². The van der Waals surface area contributed by atoms with Gasteiger partial charge < -0.3 is 14.2 Å². The lowest BCUT2D eigenvalue weighted by atomic mass is 10.2. The van der Waals surface area contributed by atoms with E-state index in [1.807, 2.05) is 0 Å². The van der Waals surface area contributed by atoms with Crippen molar-refractivity contribution in [2.75, 3.05) is 32.7 Å². The van der Waals surface area contributed by atoms with E-state index in [9.17, 15) is 17.6 Å². The molecule has 0 saturated heterocycles. The fourth-order valence-electron chi connectivity index (χ4n) is 2.34. The topological polar surface area (TPSA) is 82.1 Å². The Bertz CT molecular complexity index is 929. The molecule has 0 radical (unpaired) electrons. The lowest BCUT2D eigenvalue weighted by Crippen LogP contribution is -2.29. The molecule has 0 unspecified atom stereocenters. The molecule has 0 aliphatic carbocycles. The number of hydrogen-bond donors (Lipinski definition) is 0. The van der Waals surface area contributed by atoms with Gasteiger partial charge in [-0.25, -0.2) is 17.6 Å². The summed E-state index contributed by atoms with van der Waals surface area (Å²) in [5.74, 6) is -1.61. The van der Waals surface area contributed by atoms with Gasteiger partial charge in [0.25, 0.3) is 10.0 Å². The van der Waals surface area contributed by atoms with Gasteiger partial charge in [0.15, 0.2) is 11.5 Å². The predicted molar refractivity (Wildman–Crippen MR) is 92.9 cm³/mol. The van der Waals surface area contributed by atoms with Crippen molar-refractivity contribution in [1.82, 2.24) is 0 Å². The van der Waals surface area contributed by atoms with E-state index in [1.54, 1.807) is 12.1 Å². The first-order chi connectivity index (χ1) is 12.3. The average molecular weight is 383 g/mol. The summed E-state index contributed by atoms with van der Waals surface area (Å²) in [7, 11) is 0.686. The van der Waals surface area contributed by atoms with Crippen LogP contribution in [0.1, 0.15) is 10.4 Å². The molecule has 26 heavy (non-hydrogen) atoms. The van der Waals surface area contributed by atoms with Gasteiger partial charge in [0.1, 0.15) is 10.7 Å². The second-order valence-corrected chi connectivity index (χ2v) is 7.06. The number of sulfonamides is 1. The van der Waals surface area contributed by atoms with Crippen molar-refractivity contribution in [2.24, 2.45) is 0 Å². The van der Waals surface area contributed by atoms with Gasteiger partial charge in [-0.05, 0) is 12.1 Å². The first kappa shape index (κ1) is 19.5. The maximum absolute atomic E-state index is 14.4. The lowest BCUT2D eigenvalue weighted by molar-refractivity contribution is 0.0601. The molecule has 7 nitrogen and oxygen atoms in total. The van der Waals surface area contributed by atoms with Crippen LogP contribution in [0.4, 0.5) is 10.1 Å². The first-order valence-corrected chi connectivity index (χ1v) is 8.79. The number of benzene rings is 2. The zero-order valence-electron chi connectivity index (χ0n) is 14.6. The molecule has 0 saturated carbocycles. The predicted octanol–water partition coefficient (Wildman–Crippen LogP) is 2.45. The summed E-state index contributed by atoms with van der Waals surface area (Å²) in [6.45, 7) is 0. The largest absolute Gasteiger partial charge is 0.493 e. The maximum Gasteiger partial charge on any atom is 0.340 e. The van der Waals surface area contributed by atoms with Gasteiger partial charge in [0, 0.05) is 19.2 Å². The number of ether oxygens (including phenoxy) is 3. The zero-order valence-corrected chi connectivity index (χ0v) is 15.5. The highest BCUT2D eigenvalue weighted by Gasteiger charge is 2.29. The highest BCUT2D eigenvalue weighted by molar-refractivity contribution is 7.92. The number of para-hydroxylation sites is 1. The Labute approximate surface area is 151 Å². The number of halogens is 1. The van der Waals surface area contributed by atoms with E-state index in [-0.39, 0.29) is 22.7 Å². The zero-order chi connectivity index (χ0) is 19.5. The Kier molecular flexibility index (Phi) is 5.71. The Morgan fingerprint density at radius 3 is 2.19 bits per heavy atom. The van der Waals surface area contributed by atoms with E-state index in [2.05, 4.69) is 4.74 Å². The third kappa shape index (κ3) is 3.43. The van der Waals surface area contributed by atoms with Crippen LogP contribution >= 0.6 is 0 Å². The summed E-state index contributed by atoms with van der Waals surface area (Å²) in [5, 5.41) is 0. The van der Waals surface area contributed by atoms with Crippen molar-refractivity contribution in [3.05, 3.63) is 47.8 Å². The summed E-state index contributed by atoms with van der Waals surface area (Å²) in [4.78, 5) is 11.3. The van der Waals surface area contributed by atoms with E-state index >= 15 is 0 Å². The van der Waals surface area contributed by atoms with Gasteiger partial charge in [-0.15, -0.1) is 0 Å². The molecule has 2 aromatic rings. The van der Waals surface area contributed by atoms with E-state index in [0.29, 0.717) is 0 Å². The number of hydrogen-bond acceptors (Lipinski definition) is 6. The van der Waals surface area contributed by atoms with Crippen LogP contribution in [0.5, 0.6) is 11.5 Å². The van der Waals surface area contributed by atoms with Crippen LogP contribution < -0.4 is 13.8 Å². The number of carbonyl (C=O) groups is 1. The van der Waals surface area contributed by atoms with Gasteiger partial charge in [0.05, 0.1) is 32.6 Å². The van der Waals surface area contributed by atoms with Gasteiger partial charge >= 0.3 is 5.97 Å². The second kappa shape index (κ2) is 7.61. The molecule has 0 bridgehead atoms. The van der Waals surface area contributed by atoms with E-state index in [0.717, 1.165) is 16.4 Å². The SMILES string of the molecule is COC(=O)c1ccccc1N(C)S(=O)(=O)c1cc(OC)c(OC)cc1F. The van der Waals surface area contributed by atoms with Crippen molar-refractivity contribution in [1.29, 1.82) is 0 Å². The molecule has 0 atom stereocenters. The number of nitrogens with zero attached hydrogens (tertiary/aromatic N) is 1. The van der Waals surface area contributed by atoms with Crippen molar-refractivity contribution >= 4 is 21.7 Å². The summed E-state index contributed by atoms with van der Waals surface area (Å²) in [6.07, 6.45) is 0. The highest BCUT2D eigenvalue weighted by atomic mass is 32.2. The quantitative estimate of drug-likeness (QED) is 0.713. The molecule has 0 aliphatic rings. The van der Waals surface area contributed by atoms with E-state index < -0.39 is 26.7 Å². The maximum atomic E-state index is 14.4. The number of anilines is 1. The molecule has 140 valence electrons. The molecule has 0 fully saturated rings. The number of carbonyl (C=O) groups excluding carboxylic acids is 1. The molecule has 0 amide bonds. The van der Waals surface area contributed by atoms with Gasteiger partial charge in [-0.1, -0.05) is 12.1 Å². The summed E-state index contributed by atoms with van der Waals surface area (Å²) >= 11 is 0. The van der Waals surface area contributed by atoms with Crippen molar-refractivity contribution in [3.8, 4) is 11.5 Å². The minimum absolute atomic E-state index is 0.0296. The van der Waals surface area contributed by atoms with E-state index in [1.165, 1.54) is 40.5 Å². The van der Waals surface area contributed by atoms with Crippen LogP contribution in [0.2, 0.25) is 0 Å². The number of rotatable bonds is 6. The molecule has 0 N–H and O–H groups in total. The highest BCUT2D eigenvalue weighted by Crippen LogP contribution is 2.34. The van der Waals surface area contributed by atoms with Gasteiger partial charge in [-0.3, -0.25) is 4.31 Å². The summed E-state index contributed by atoms with van der Waals surface area (Å²) < 4.78 is 55.7. The summed E-state index contributed by atoms with van der Waals surface area (Å²) in [6, 6.07) is 7.90. The minimum atomic E-state index is -4.33. The Hall–Kier alpha value is -2.81. The Morgan fingerprint density at radius 1 is 1.04 bits per heavy atom.